The molecule has 3 heterocycles. The monoisotopic (exact) mass is 685 g/mol. The van der Waals surface area contributed by atoms with Crippen molar-refractivity contribution in [3.8, 4) is 5.75 Å². The van der Waals surface area contributed by atoms with E-state index >= 15 is 0 Å². The fourth-order valence-corrected chi connectivity index (χ4v) is 7.10. The second-order valence-corrected chi connectivity index (χ2v) is 13.0. The first-order chi connectivity index (χ1) is 23.7. The molecule has 0 spiro atoms. The highest BCUT2D eigenvalue weighted by atomic mass is 32.1. The molecule has 0 unspecified atom stereocenters. The van der Waals surface area contributed by atoms with Crippen LogP contribution >= 0.6 is 11.3 Å². The number of nitrogens with two attached hydrogens (primary N) is 1. The fraction of sp³-hybridized carbons (Fsp3) is 0.343. The Morgan fingerprint density at radius 3 is 2.55 bits per heavy atom. The summed E-state index contributed by atoms with van der Waals surface area (Å²) in [7, 11) is 1.29. The van der Waals surface area contributed by atoms with E-state index in [-0.39, 0.29) is 50.5 Å². The highest BCUT2D eigenvalue weighted by Gasteiger charge is 2.52. The molecular formula is C35H39N7O6S. The fourth-order valence-electron chi connectivity index (χ4n) is 6.32. The molecule has 3 aromatic carbocycles. The Bertz CT molecular complexity index is 1820. The van der Waals surface area contributed by atoms with E-state index in [1.165, 1.54) is 18.4 Å². The average Bonchev–Trinajstić information content (AvgIpc) is 3.66. The lowest BCUT2D eigenvalue weighted by Crippen LogP contribution is -2.66. The van der Waals surface area contributed by atoms with Gasteiger partial charge in [-0.05, 0) is 41.3 Å². The van der Waals surface area contributed by atoms with Crippen molar-refractivity contribution >= 4 is 50.5 Å². The highest BCUT2D eigenvalue weighted by Crippen LogP contribution is 2.32. The molecule has 1 aromatic heterocycles. The molecule has 6 rings (SSSR count). The van der Waals surface area contributed by atoms with E-state index in [0.717, 1.165) is 26.9 Å². The molecule has 2 atom stereocenters. The van der Waals surface area contributed by atoms with Gasteiger partial charge in [0.1, 0.15) is 18.0 Å². The molecule has 2 saturated heterocycles. The Kier molecular flexibility index (Phi) is 10.3. The molecule has 2 aliphatic heterocycles. The number of hydrogen-bond acceptors (Lipinski definition) is 10. The third kappa shape index (κ3) is 7.44. The molecule has 0 bridgehead atoms. The predicted molar refractivity (Wildman–Crippen MR) is 184 cm³/mol. The van der Waals surface area contributed by atoms with Gasteiger partial charge in [0.05, 0.1) is 30.4 Å². The normalized spacial score (nSPS) is 17.7. The van der Waals surface area contributed by atoms with Gasteiger partial charge >= 0.3 is 12.0 Å². The second kappa shape index (κ2) is 14.9. The van der Waals surface area contributed by atoms with E-state index in [4.69, 9.17) is 10.5 Å². The summed E-state index contributed by atoms with van der Waals surface area (Å²) >= 11 is 1.39. The van der Waals surface area contributed by atoms with Crippen LogP contribution in [0.15, 0.2) is 72.8 Å². The number of methoxy groups -OCH3 is 1. The van der Waals surface area contributed by atoms with Crippen molar-refractivity contribution in [1.82, 2.24) is 30.1 Å². The van der Waals surface area contributed by atoms with Gasteiger partial charge in [-0.3, -0.25) is 14.6 Å². The lowest BCUT2D eigenvalue weighted by Gasteiger charge is -2.46. The van der Waals surface area contributed by atoms with Crippen LogP contribution in [-0.4, -0.2) is 94.2 Å². The van der Waals surface area contributed by atoms with Crippen LogP contribution in [0, 0.1) is 0 Å². The Morgan fingerprint density at radius 1 is 1.04 bits per heavy atom. The molecule has 3 N–H and O–H groups in total. The number of nitrogen functional groups attached to an aromatic ring is 1. The van der Waals surface area contributed by atoms with Crippen LogP contribution in [0.2, 0.25) is 0 Å². The number of thiazole rings is 1. The molecular weight excluding hydrogens is 646 g/mol. The molecule has 4 aromatic rings. The zero-order chi connectivity index (χ0) is 34.5. The van der Waals surface area contributed by atoms with Gasteiger partial charge in [-0.1, -0.05) is 72.9 Å². The van der Waals surface area contributed by atoms with Crippen molar-refractivity contribution in [2.75, 3.05) is 39.1 Å². The first-order valence-electron chi connectivity index (χ1n) is 16.1. The number of fused-ring (bicyclic) bond motifs is 2. The summed E-state index contributed by atoms with van der Waals surface area (Å²) in [5.41, 5.74) is 9.38. The van der Waals surface area contributed by atoms with E-state index < -0.39 is 18.2 Å². The van der Waals surface area contributed by atoms with Crippen molar-refractivity contribution in [2.24, 2.45) is 0 Å². The van der Waals surface area contributed by atoms with Crippen LogP contribution in [-0.2, 0) is 38.6 Å². The van der Waals surface area contributed by atoms with Gasteiger partial charge in [0.15, 0.2) is 11.7 Å². The topological polar surface area (TPSA) is 151 Å². The van der Waals surface area contributed by atoms with Crippen LogP contribution in [0.5, 0.6) is 5.75 Å². The number of rotatable bonds is 12. The standard InChI is InChI=1S/C35H39N7O6S/c1-3-16-40(35(46)37-18-24-8-5-4-6-9-24)41-21-30(43)42-27(17-23-12-14-26(15-13-23)48-22-31(44)47-2)33(45)39(20-29(41)42)19-25-10-7-11-28-32(25)38-34(36)49-28/h4-15,27,29H,3,16-22H2,1-2H3,(H2,36,38)(H,37,46)/t27-,29+/m0/s1. The minimum Gasteiger partial charge on any atom is -0.482 e. The van der Waals surface area contributed by atoms with E-state index in [1.54, 1.807) is 32.0 Å². The summed E-state index contributed by atoms with van der Waals surface area (Å²) < 4.78 is 11.1. The zero-order valence-electron chi connectivity index (χ0n) is 27.4. The minimum atomic E-state index is -0.825. The van der Waals surface area contributed by atoms with Crippen LogP contribution in [0.3, 0.4) is 0 Å². The lowest BCUT2D eigenvalue weighted by atomic mass is 9.99. The van der Waals surface area contributed by atoms with Crippen LogP contribution in [0.4, 0.5) is 9.93 Å². The van der Waals surface area contributed by atoms with E-state index in [1.807, 2.05) is 67.6 Å². The number of nitrogens with zero attached hydrogens (tertiary/aromatic N) is 5. The van der Waals surface area contributed by atoms with E-state index in [2.05, 4.69) is 15.0 Å². The highest BCUT2D eigenvalue weighted by molar-refractivity contribution is 7.22. The van der Waals surface area contributed by atoms with Gasteiger partial charge in [0.25, 0.3) is 0 Å². The zero-order valence-corrected chi connectivity index (χ0v) is 28.2. The SMILES string of the molecule is CCCN(C(=O)NCc1ccccc1)N1CC(=O)N2[C@@H](Cc3ccc(OCC(=O)OC)cc3)C(=O)N(Cc3cccc4sc(N)nc34)C[C@@H]21. The number of benzene rings is 3. The molecule has 0 aliphatic carbocycles. The van der Waals surface area contributed by atoms with Gasteiger partial charge in [-0.15, -0.1) is 0 Å². The molecule has 0 saturated carbocycles. The number of carbonyl (C=O) groups is 4. The second-order valence-electron chi connectivity index (χ2n) is 11.9. The molecule has 0 radical (unpaired) electrons. The first kappa shape index (κ1) is 33.7. The number of aromatic nitrogens is 1. The maximum Gasteiger partial charge on any atom is 0.343 e. The third-order valence-electron chi connectivity index (χ3n) is 8.65. The molecule has 13 nitrogen and oxygen atoms in total. The van der Waals surface area contributed by atoms with Crippen molar-refractivity contribution in [1.29, 1.82) is 0 Å². The number of urea groups is 1. The van der Waals surface area contributed by atoms with Crippen molar-refractivity contribution < 1.29 is 28.7 Å². The molecule has 49 heavy (non-hydrogen) atoms. The van der Waals surface area contributed by atoms with Gasteiger partial charge in [0, 0.05) is 26.1 Å². The minimum absolute atomic E-state index is 0.0421. The molecule has 256 valence electrons. The summed E-state index contributed by atoms with van der Waals surface area (Å²) in [4.78, 5) is 61.3. The van der Waals surface area contributed by atoms with Crippen LogP contribution < -0.4 is 15.8 Å². The summed E-state index contributed by atoms with van der Waals surface area (Å²) in [5, 5.41) is 6.85. The quantitative estimate of drug-likeness (QED) is 0.214. The summed E-state index contributed by atoms with van der Waals surface area (Å²) in [6.07, 6.45) is 0.330. The van der Waals surface area contributed by atoms with E-state index in [9.17, 15) is 19.2 Å². The Morgan fingerprint density at radius 2 is 1.82 bits per heavy atom. The first-order valence-corrected chi connectivity index (χ1v) is 17.0. The van der Waals surface area contributed by atoms with Gasteiger partial charge in [-0.2, -0.15) is 5.01 Å². The number of amides is 4. The molecule has 4 amide bonds. The Hall–Kier alpha value is -5.21. The van der Waals surface area contributed by atoms with Gasteiger partial charge < -0.3 is 30.3 Å². The lowest BCUT2D eigenvalue weighted by molar-refractivity contribution is -0.157. The number of hydrazine groups is 1. The Labute approximate surface area is 288 Å². The van der Waals surface area contributed by atoms with Gasteiger partial charge in [-0.25, -0.2) is 14.6 Å². The number of para-hydroxylation sites is 1. The summed E-state index contributed by atoms with van der Waals surface area (Å²) in [5.74, 6) is -0.456. The third-order valence-corrected chi connectivity index (χ3v) is 9.50. The molecule has 14 heteroatoms. The number of piperazine rings is 1. The van der Waals surface area contributed by atoms with Crippen molar-refractivity contribution in [3.63, 3.8) is 0 Å². The smallest absolute Gasteiger partial charge is 0.343 e. The van der Waals surface area contributed by atoms with Crippen LogP contribution in [0.25, 0.3) is 10.2 Å². The maximum atomic E-state index is 14.3. The number of anilines is 1. The number of esters is 1. The Balaban J connectivity index is 1.29. The summed E-state index contributed by atoms with van der Waals surface area (Å²) in [6.45, 7) is 2.89. The largest absolute Gasteiger partial charge is 0.482 e. The number of hydrogen-bond donors (Lipinski definition) is 2. The van der Waals surface area contributed by atoms with Crippen molar-refractivity contribution in [2.45, 2.75) is 45.1 Å². The van der Waals surface area contributed by atoms with Crippen LogP contribution in [0.1, 0.15) is 30.0 Å². The number of carbonyl (C=O) groups excluding carboxylic acids is 4. The van der Waals surface area contributed by atoms with Crippen molar-refractivity contribution in [3.05, 3.63) is 89.5 Å². The van der Waals surface area contributed by atoms with Gasteiger partial charge in [0.2, 0.25) is 11.8 Å². The molecule has 2 aliphatic rings. The molecule has 2 fully saturated rings. The maximum absolute atomic E-state index is 14.3. The number of ether oxygens (including phenoxy) is 2. The number of nitrogens with one attached hydrogen (secondary N) is 1. The average molecular weight is 686 g/mol. The van der Waals surface area contributed by atoms with E-state index in [0.29, 0.717) is 30.4 Å². The summed E-state index contributed by atoms with van der Waals surface area (Å²) in [6, 6.07) is 21.3. The predicted octanol–water partition coefficient (Wildman–Crippen LogP) is 3.39.